The van der Waals surface area contributed by atoms with Gasteiger partial charge in [0.05, 0.1) is 6.54 Å². The van der Waals surface area contributed by atoms with Crippen LogP contribution in [0.3, 0.4) is 0 Å². The minimum absolute atomic E-state index is 0.122. The minimum atomic E-state index is -4.67. The van der Waals surface area contributed by atoms with Crippen molar-refractivity contribution in [2.75, 3.05) is 53.4 Å². The summed E-state index contributed by atoms with van der Waals surface area (Å²) in [6.07, 6.45) is -2.89. The molecule has 0 bridgehead atoms. The van der Waals surface area contributed by atoms with Gasteiger partial charge in [0.25, 0.3) is 0 Å². The van der Waals surface area contributed by atoms with E-state index in [2.05, 4.69) is 30.7 Å². The van der Waals surface area contributed by atoms with Crippen LogP contribution in [0, 0.1) is 5.41 Å². The van der Waals surface area contributed by atoms with Gasteiger partial charge in [0.15, 0.2) is 0 Å². The summed E-state index contributed by atoms with van der Waals surface area (Å²) in [4.78, 5) is 19.6. The Hall–Kier alpha value is -3.01. The van der Waals surface area contributed by atoms with E-state index in [4.69, 9.17) is 16.3 Å². The van der Waals surface area contributed by atoms with Crippen molar-refractivity contribution >= 4 is 17.7 Å². The van der Waals surface area contributed by atoms with Crippen molar-refractivity contribution in [3.8, 4) is 17.0 Å². The Kier molecular flexibility index (Phi) is 10.3. The van der Waals surface area contributed by atoms with Gasteiger partial charge in [-0.3, -0.25) is 0 Å². The molecule has 0 atom stereocenters. The molecular formula is C32H40ClF3N4O2. The van der Waals surface area contributed by atoms with Crippen molar-refractivity contribution in [3.05, 3.63) is 76.9 Å². The molecule has 2 heterocycles. The number of rotatable bonds is 11. The quantitative estimate of drug-likeness (QED) is 0.229. The van der Waals surface area contributed by atoms with E-state index >= 15 is 0 Å². The molecule has 2 aromatic carbocycles. The normalized spacial score (nSPS) is 14.5. The summed E-state index contributed by atoms with van der Waals surface area (Å²) >= 11 is 6.05. The van der Waals surface area contributed by atoms with E-state index in [1.54, 1.807) is 61.6 Å². The third kappa shape index (κ3) is 8.52. The van der Waals surface area contributed by atoms with E-state index in [0.717, 1.165) is 43.4 Å². The highest BCUT2D eigenvalue weighted by atomic mass is 35.5. The first kappa shape index (κ1) is 31.9. The van der Waals surface area contributed by atoms with E-state index in [9.17, 15) is 18.0 Å². The Labute approximate surface area is 251 Å². The SMILES string of the molecule is CN(CCN1CCCC1)CC(C)(C)CN(C)C(=O)Oc1c(-c2ccc(Cl)cc2)cc(C(F)(F)F)n1Cc1ccccc1. The largest absolute Gasteiger partial charge is 0.431 e. The molecule has 0 aliphatic carbocycles. The fraction of sp³-hybridized carbons (Fsp3) is 0.469. The second kappa shape index (κ2) is 13.5. The number of hydrogen-bond donors (Lipinski definition) is 0. The molecule has 1 saturated heterocycles. The smallest absolute Gasteiger partial charge is 0.392 e. The molecule has 10 heteroatoms. The van der Waals surface area contributed by atoms with Gasteiger partial charge in [-0.05, 0) is 67.7 Å². The van der Waals surface area contributed by atoms with Crippen LogP contribution in [-0.4, -0.2) is 78.7 Å². The van der Waals surface area contributed by atoms with Gasteiger partial charge in [0.1, 0.15) is 5.69 Å². The first-order valence-corrected chi connectivity index (χ1v) is 14.6. The maximum Gasteiger partial charge on any atom is 0.431 e. The summed E-state index contributed by atoms with van der Waals surface area (Å²) in [5, 5.41) is 0.449. The average Bonchev–Trinajstić information content (AvgIpc) is 3.56. The van der Waals surface area contributed by atoms with Crippen molar-refractivity contribution < 1.29 is 22.7 Å². The summed E-state index contributed by atoms with van der Waals surface area (Å²) in [6, 6.07) is 16.3. The second-order valence-corrected chi connectivity index (χ2v) is 12.4. The van der Waals surface area contributed by atoms with Crippen molar-refractivity contribution in [1.82, 2.24) is 19.3 Å². The fourth-order valence-electron chi connectivity index (χ4n) is 5.68. The number of alkyl halides is 3. The summed E-state index contributed by atoms with van der Waals surface area (Å²) in [6.45, 7) is 9.36. The lowest BCUT2D eigenvalue weighted by Gasteiger charge is -2.34. The number of benzene rings is 2. The van der Waals surface area contributed by atoms with E-state index in [0.29, 0.717) is 22.7 Å². The first-order chi connectivity index (χ1) is 19.8. The fourth-order valence-corrected chi connectivity index (χ4v) is 5.81. The van der Waals surface area contributed by atoms with Crippen molar-refractivity contribution in [1.29, 1.82) is 0 Å². The van der Waals surface area contributed by atoms with Gasteiger partial charge in [-0.1, -0.05) is 67.9 Å². The third-order valence-electron chi connectivity index (χ3n) is 7.53. The maximum absolute atomic E-state index is 14.3. The summed E-state index contributed by atoms with van der Waals surface area (Å²) < 4.78 is 49.8. The van der Waals surface area contributed by atoms with E-state index < -0.39 is 18.0 Å². The number of ether oxygens (including phenoxy) is 1. The van der Waals surface area contributed by atoms with Crippen LogP contribution < -0.4 is 4.74 Å². The number of amides is 1. The van der Waals surface area contributed by atoms with E-state index in [-0.39, 0.29) is 23.4 Å². The second-order valence-electron chi connectivity index (χ2n) is 12.0. The first-order valence-electron chi connectivity index (χ1n) is 14.3. The molecule has 42 heavy (non-hydrogen) atoms. The number of carbonyl (C=O) groups excluding carboxylic acids is 1. The Balaban J connectivity index is 1.57. The molecular weight excluding hydrogens is 565 g/mol. The molecule has 0 N–H and O–H groups in total. The van der Waals surface area contributed by atoms with Crippen LogP contribution >= 0.6 is 11.6 Å². The number of nitrogens with zero attached hydrogens (tertiary/aromatic N) is 4. The molecule has 1 aliphatic rings. The van der Waals surface area contributed by atoms with E-state index in [1.165, 1.54) is 17.7 Å². The molecule has 6 nitrogen and oxygen atoms in total. The zero-order valence-electron chi connectivity index (χ0n) is 24.8. The Morgan fingerprint density at radius 1 is 0.976 bits per heavy atom. The van der Waals surface area contributed by atoms with Crippen LogP contribution in [0.4, 0.5) is 18.0 Å². The van der Waals surface area contributed by atoms with Crippen molar-refractivity contribution in [2.45, 2.75) is 39.4 Å². The van der Waals surface area contributed by atoms with Gasteiger partial charge in [-0.25, -0.2) is 4.79 Å². The minimum Gasteiger partial charge on any atom is -0.392 e. The highest BCUT2D eigenvalue weighted by Crippen LogP contribution is 2.41. The van der Waals surface area contributed by atoms with Gasteiger partial charge in [-0.15, -0.1) is 0 Å². The summed E-state index contributed by atoms with van der Waals surface area (Å²) in [5.41, 5.74) is 0.0850. The number of likely N-dealkylation sites (N-methyl/N-ethyl adjacent to an activating group) is 1. The van der Waals surface area contributed by atoms with Crippen LogP contribution in [0.5, 0.6) is 5.88 Å². The van der Waals surface area contributed by atoms with Gasteiger partial charge >= 0.3 is 12.3 Å². The number of halogens is 4. The lowest BCUT2D eigenvalue weighted by Crippen LogP contribution is -2.44. The summed E-state index contributed by atoms with van der Waals surface area (Å²) in [5.74, 6) is -0.161. The van der Waals surface area contributed by atoms with Crippen molar-refractivity contribution in [2.24, 2.45) is 5.41 Å². The predicted molar refractivity (Wildman–Crippen MR) is 161 cm³/mol. The average molecular weight is 605 g/mol. The van der Waals surface area contributed by atoms with Crippen LogP contribution in [-0.2, 0) is 12.7 Å². The van der Waals surface area contributed by atoms with Gasteiger partial charge in [0.2, 0.25) is 5.88 Å². The summed E-state index contributed by atoms with van der Waals surface area (Å²) in [7, 11) is 3.69. The Bertz CT molecular complexity index is 1320. The number of likely N-dealkylation sites (tertiary alicyclic amines) is 1. The molecule has 228 valence electrons. The highest BCUT2D eigenvalue weighted by Gasteiger charge is 2.38. The number of hydrogen-bond acceptors (Lipinski definition) is 4. The molecule has 0 saturated carbocycles. The zero-order chi connectivity index (χ0) is 30.5. The van der Waals surface area contributed by atoms with Gasteiger partial charge < -0.3 is 24.0 Å². The molecule has 1 aromatic heterocycles. The van der Waals surface area contributed by atoms with Gasteiger partial charge in [0, 0.05) is 43.8 Å². The molecule has 1 amide bonds. The van der Waals surface area contributed by atoms with Gasteiger partial charge in [-0.2, -0.15) is 13.2 Å². The Morgan fingerprint density at radius 3 is 2.24 bits per heavy atom. The molecule has 4 rings (SSSR count). The van der Waals surface area contributed by atoms with E-state index in [1.807, 2.05) is 0 Å². The lowest BCUT2D eigenvalue weighted by molar-refractivity contribution is -0.143. The van der Waals surface area contributed by atoms with Crippen LogP contribution in [0.15, 0.2) is 60.7 Å². The monoisotopic (exact) mass is 604 g/mol. The highest BCUT2D eigenvalue weighted by molar-refractivity contribution is 6.30. The molecule has 1 aliphatic heterocycles. The molecule has 1 fully saturated rings. The molecule has 0 spiro atoms. The zero-order valence-corrected chi connectivity index (χ0v) is 25.5. The van der Waals surface area contributed by atoms with Crippen LogP contribution in [0.25, 0.3) is 11.1 Å². The molecule has 0 unspecified atom stereocenters. The predicted octanol–water partition coefficient (Wildman–Crippen LogP) is 7.36. The lowest BCUT2D eigenvalue weighted by atomic mass is 9.92. The van der Waals surface area contributed by atoms with Crippen molar-refractivity contribution in [3.63, 3.8) is 0 Å². The topological polar surface area (TPSA) is 40.9 Å². The number of aromatic nitrogens is 1. The maximum atomic E-state index is 14.3. The molecule has 0 radical (unpaired) electrons. The van der Waals surface area contributed by atoms with Crippen LogP contribution in [0.1, 0.15) is 37.9 Å². The van der Waals surface area contributed by atoms with Crippen LogP contribution in [0.2, 0.25) is 5.02 Å². The number of carbonyl (C=O) groups is 1. The Morgan fingerprint density at radius 2 is 1.62 bits per heavy atom. The standard InChI is InChI=1S/C32H40ClF3N4O2/c1-31(2,22-37(3)18-19-39-16-8-9-17-39)23-38(4)30(41)42-29-27(25-12-14-26(33)15-13-25)20-28(32(34,35)36)40(29)21-24-10-6-5-7-11-24/h5-7,10-15,20H,8-9,16-19,21-23H2,1-4H3. The molecule has 3 aromatic rings. The third-order valence-corrected chi connectivity index (χ3v) is 7.78.